The van der Waals surface area contributed by atoms with Crippen LogP contribution in [0.4, 0.5) is 11.4 Å². The van der Waals surface area contributed by atoms with E-state index in [2.05, 4.69) is 73.3 Å². The highest BCUT2D eigenvalue weighted by molar-refractivity contribution is 6.76. The molecular formula is C27H50N4OSi2. The standard InChI is InChI=1S/C27H50N4OSi2/c1-30-15-13-29-26(30)9-8-16-32-25-10-14-31(21-25)24-19-22(11-17-33(2,3)4)27(28)23(20-24)12-18-34(5,6)7/h13,19-20,25-26H,8-12,14-18,21,28H2,1-7H3. The van der Waals surface area contributed by atoms with Crippen LogP contribution in [0.15, 0.2) is 17.1 Å². The van der Waals surface area contributed by atoms with Gasteiger partial charge in [-0.05, 0) is 62.4 Å². The number of anilines is 2. The van der Waals surface area contributed by atoms with Gasteiger partial charge in [0.25, 0.3) is 0 Å². The van der Waals surface area contributed by atoms with Crippen LogP contribution in [0, 0.1) is 0 Å². The maximum absolute atomic E-state index is 6.75. The number of aliphatic imine (C=N–C) groups is 1. The van der Waals surface area contributed by atoms with Gasteiger partial charge in [-0.1, -0.05) is 51.4 Å². The minimum absolute atomic E-state index is 0.332. The lowest BCUT2D eigenvalue weighted by Crippen LogP contribution is -2.26. The summed E-state index contributed by atoms with van der Waals surface area (Å²) in [4.78, 5) is 9.39. The summed E-state index contributed by atoms with van der Waals surface area (Å²) >= 11 is 0. The van der Waals surface area contributed by atoms with E-state index in [4.69, 9.17) is 10.5 Å². The Kier molecular flexibility index (Phi) is 9.45. The van der Waals surface area contributed by atoms with Crippen molar-refractivity contribution in [2.24, 2.45) is 4.99 Å². The van der Waals surface area contributed by atoms with Crippen LogP contribution in [-0.4, -0.2) is 72.8 Å². The number of benzene rings is 1. The lowest BCUT2D eigenvalue weighted by Gasteiger charge is -2.25. The van der Waals surface area contributed by atoms with Gasteiger partial charge >= 0.3 is 0 Å². The summed E-state index contributed by atoms with van der Waals surface area (Å²) in [5.41, 5.74) is 11.9. The number of nitrogen functional groups attached to an aromatic ring is 1. The first-order chi connectivity index (χ1) is 15.9. The Morgan fingerprint density at radius 3 is 2.18 bits per heavy atom. The molecule has 2 aliphatic rings. The van der Waals surface area contributed by atoms with Gasteiger partial charge in [-0.2, -0.15) is 0 Å². The van der Waals surface area contributed by atoms with E-state index in [1.165, 1.54) is 28.9 Å². The summed E-state index contributed by atoms with van der Waals surface area (Å²) in [6, 6.07) is 7.37. The second-order valence-corrected chi connectivity index (χ2v) is 24.2. The lowest BCUT2D eigenvalue weighted by molar-refractivity contribution is 0.0624. The predicted octanol–water partition coefficient (Wildman–Crippen LogP) is 5.75. The van der Waals surface area contributed by atoms with Crippen molar-refractivity contribution in [1.29, 1.82) is 0 Å². The summed E-state index contributed by atoms with van der Waals surface area (Å²) in [7, 11) is -0.0824. The molecule has 5 nitrogen and oxygen atoms in total. The monoisotopic (exact) mass is 502 g/mol. The molecule has 1 aromatic carbocycles. The zero-order valence-corrected chi connectivity index (χ0v) is 25.0. The minimum Gasteiger partial charge on any atom is -0.398 e. The second kappa shape index (κ2) is 11.7. The maximum atomic E-state index is 6.75. The quantitative estimate of drug-likeness (QED) is 0.225. The lowest BCUT2D eigenvalue weighted by atomic mass is 10.0. The van der Waals surface area contributed by atoms with Crippen molar-refractivity contribution in [2.45, 2.75) is 95.7 Å². The first kappa shape index (κ1) is 27.4. The van der Waals surface area contributed by atoms with Crippen LogP contribution in [0.3, 0.4) is 0 Å². The van der Waals surface area contributed by atoms with Crippen molar-refractivity contribution in [3.63, 3.8) is 0 Å². The van der Waals surface area contributed by atoms with Crippen LogP contribution >= 0.6 is 0 Å². The molecule has 1 saturated heterocycles. The Morgan fingerprint density at radius 2 is 1.65 bits per heavy atom. The largest absolute Gasteiger partial charge is 0.398 e. The molecule has 2 unspecified atom stereocenters. The molecule has 1 fully saturated rings. The highest BCUT2D eigenvalue weighted by Crippen LogP contribution is 2.32. The number of aryl methyl sites for hydroxylation is 2. The number of hydrogen-bond acceptors (Lipinski definition) is 5. The molecule has 34 heavy (non-hydrogen) atoms. The zero-order chi connectivity index (χ0) is 24.9. The molecule has 0 spiro atoms. The van der Waals surface area contributed by atoms with Gasteiger partial charge < -0.3 is 15.4 Å². The molecule has 192 valence electrons. The van der Waals surface area contributed by atoms with Crippen molar-refractivity contribution in [3.8, 4) is 0 Å². The van der Waals surface area contributed by atoms with E-state index < -0.39 is 16.1 Å². The molecule has 2 atom stereocenters. The fourth-order valence-corrected chi connectivity index (χ4v) is 6.86. The zero-order valence-electron chi connectivity index (χ0n) is 23.0. The van der Waals surface area contributed by atoms with Gasteiger partial charge in [-0.3, -0.25) is 9.89 Å². The van der Waals surface area contributed by atoms with E-state index in [-0.39, 0.29) is 0 Å². The van der Waals surface area contributed by atoms with E-state index in [9.17, 15) is 0 Å². The van der Waals surface area contributed by atoms with Crippen LogP contribution in [0.5, 0.6) is 0 Å². The van der Waals surface area contributed by atoms with Crippen molar-refractivity contribution >= 4 is 33.7 Å². The van der Waals surface area contributed by atoms with E-state index in [1.54, 1.807) is 0 Å². The normalized spacial score (nSPS) is 21.7. The first-order valence-corrected chi connectivity index (χ1v) is 20.8. The molecule has 0 radical (unpaired) electrons. The highest BCUT2D eigenvalue weighted by atomic mass is 28.3. The molecule has 2 N–H and O–H groups in total. The molecule has 0 saturated carbocycles. The predicted molar refractivity (Wildman–Crippen MR) is 155 cm³/mol. The molecule has 2 aliphatic heterocycles. The van der Waals surface area contributed by atoms with Crippen molar-refractivity contribution in [3.05, 3.63) is 23.3 Å². The Morgan fingerprint density at radius 1 is 1.03 bits per heavy atom. The van der Waals surface area contributed by atoms with Crippen LogP contribution in [-0.2, 0) is 17.6 Å². The summed E-state index contributed by atoms with van der Waals surface area (Å²) in [6.07, 6.45) is 8.21. The fourth-order valence-electron chi connectivity index (χ4n) is 4.82. The van der Waals surface area contributed by atoms with E-state index in [1.807, 2.05) is 6.21 Å². The molecular weight excluding hydrogens is 452 g/mol. The maximum Gasteiger partial charge on any atom is 0.102 e. The Bertz CT molecular complexity index is 792. The number of rotatable bonds is 12. The van der Waals surface area contributed by atoms with Crippen molar-refractivity contribution in [1.82, 2.24) is 4.90 Å². The van der Waals surface area contributed by atoms with Gasteiger partial charge in [0.2, 0.25) is 0 Å². The Balaban J connectivity index is 1.61. The SMILES string of the molecule is CN1CC=NC1CCCOC1CCN(c2cc(CC[Si](C)(C)C)c(N)c(CC[Si](C)(C)C)c2)C1. The summed E-state index contributed by atoms with van der Waals surface area (Å²) in [5.74, 6) is 0. The number of nitrogens with two attached hydrogens (primary N) is 1. The van der Waals surface area contributed by atoms with Gasteiger partial charge in [0, 0.05) is 60.0 Å². The van der Waals surface area contributed by atoms with E-state index in [0.717, 1.165) is 64.0 Å². The highest BCUT2D eigenvalue weighted by Gasteiger charge is 2.26. The topological polar surface area (TPSA) is 54.1 Å². The summed E-state index contributed by atoms with van der Waals surface area (Å²) in [6.45, 7) is 18.6. The third-order valence-corrected chi connectivity index (χ3v) is 10.8. The summed E-state index contributed by atoms with van der Waals surface area (Å²) < 4.78 is 6.29. The van der Waals surface area contributed by atoms with Gasteiger partial charge in [0.05, 0.1) is 6.10 Å². The van der Waals surface area contributed by atoms with Crippen LogP contribution in [0.25, 0.3) is 0 Å². The first-order valence-electron chi connectivity index (χ1n) is 13.4. The number of hydrogen-bond donors (Lipinski definition) is 1. The molecule has 0 aliphatic carbocycles. The van der Waals surface area contributed by atoms with Gasteiger partial charge in [-0.25, -0.2) is 0 Å². The third kappa shape index (κ3) is 8.50. The van der Waals surface area contributed by atoms with Gasteiger partial charge in [0.1, 0.15) is 6.17 Å². The number of ether oxygens (including phenoxy) is 1. The molecule has 3 rings (SSSR count). The average Bonchev–Trinajstić information content (AvgIpc) is 3.37. The summed E-state index contributed by atoms with van der Waals surface area (Å²) in [5, 5.41) is 0. The van der Waals surface area contributed by atoms with Crippen LogP contribution < -0.4 is 10.6 Å². The van der Waals surface area contributed by atoms with Gasteiger partial charge in [0.15, 0.2) is 0 Å². The molecule has 1 aromatic rings. The molecule has 0 bridgehead atoms. The molecule has 2 heterocycles. The van der Waals surface area contributed by atoms with Crippen molar-refractivity contribution in [2.75, 3.05) is 43.9 Å². The smallest absolute Gasteiger partial charge is 0.102 e. The van der Waals surface area contributed by atoms with Crippen LogP contribution in [0.2, 0.25) is 51.4 Å². The second-order valence-electron chi connectivity index (χ2n) is 12.9. The average molecular weight is 503 g/mol. The Labute approximate surface area is 211 Å². The molecule has 0 aromatic heterocycles. The van der Waals surface area contributed by atoms with Gasteiger partial charge in [-0.15, -0.1) is 0 Å². The van der Waals surface area contributed by atoms with E-state index in [0.29, 0.717) is 12.3 Å². The molecule has 0 amide bonds. The number of nitrogens with zero attached hydrogens (tertiary/aromatic N) is 3. The Hall–Kier alpha value is -1.16. The molecule has 7 heteroatoms. The minimum atomic E-state index is -1.12. The van der Waals surface area contributed by atoms with Crippen LogP contribution in [0.1, 0.15) is 30.4 Å². The van der Waals surface area contributed by atoms with Crippen molar-refractivity contribution < 1.29 is 4.74 Å². The third-order valence-electron chi connectivity index (χ3n) is 7.25. The van der Waals surface area contributed by atoms with E-state index >= 15 is 0 Å². The fraction of sp³-hybridized carbons (Fsp3) is 0.741.